The van der Waals surface area contributed by atoms with Crippen LogP contribution in [0, 0.1) is 0 Å². The van der Waals surface area contributed by atoms with Crippen LogP contribution >= 0.6 is 0 Å². The SMILES string of the molecule is C[C@H]1Cc2ccccc2N1C(=O)C(=O)NCCc1nccn1C(F)F. The zero-order valence-corrected chi connectivity index (χ0v) is 13.7. The van der Waals surface area contributed by atoms with Gasteiger partial charge >= 0.3 is 18.4 Å². The van der Waals surface area contributed by atoms with Gasteiger partial charge in [-0.15, -0.1) is 0 Å². The van der Waals surface area contributed by atoms with Crippen LogP contribution in [-0.4, -0.2) is 34.0 Å². The largest absolute Gasteiger partial charge is 0.347 e. The zero-order chi connectivity index (χ0) is 18.0. The molecule has 25 heavy (non-hydrogen) atoms. The third-order valence-electron chi connectivity index (χ3n) is 4.21. The molecule has 0 fully saturated rings. The third-order valence-corrected chi connectivity index (χ3v) is 4.21. The van der Waals surface area contributed by atoms with Gasteiger partial charge in [0.05, 0.1) is 0 Å². The van der Waals surface area contributed by atoms with Crippen molar-refractivity contribution in [2.45, 2.75) is 32.4 Å². The van der Waals surface area contributed by atoms with E-state index in [2.05, 4.69) is 10.3 Å². The van der Waals surface area contributed by atoms with Crippen LogP contribution in [0.2, 0.25) is 0 Å². The number of rotatable bonds is 4. The van der Waals surface area contributed by atoms with E-state index in [-0.39, 0.29) is 24.8 Å². The second-order valence-corrected chi connectivity index (χ2v) is 5.89. The molecular weight excluding hydrogens is 330 g/mol. The predicted octanol–water partition coefficient (Wildman–Crippen LogP) is 1.91. The summed E-state index contributed by atoms with van der Waals surface area (Å²) >= 11 is 0. The Morgan fingerprint density at radius 1 is 1.36 bits per heavy atom. The van der Waals surface area contributed by atoms with Crippen LogP contribution in [0.5, 0.6) is 0 Å². The molecule has 2 aromatic rings. The minimum atomic E-state index is -2.68. The zero-order valence-electron chi connectivity index (χ0n) is 13.7. The van der Waals surface area contributed by atoms with Gasteiger partial charge in [0.1, 0.15) is 5.82 Å². The monoisotopic (exact) mass is 348 g/mol. The Bertz CT molecular complexity index is 790. The first kappa shape index (κ1) is 17.1. The van der Waals surface area contributed by atoms with Crippen LogP contribution in [0.4, 0.5) is 14.5 Å². The Kier molecular flexibility index (Phi) is 4.78. The van der Waals surface area contributed by atoms with Gasteiger partial charge in [-0.1, -0.05) is 18.2 Å². The summed E-state index contributed by atoms with van der Waals surface area (Å²) in [4.78, 5) is 29.9. The smallest absolute Gasteiger partial charge is 0.319 e. The summed E-state index contributed by atoms with van der Waals surface area (Å²) in [5.74, 6) is -1.24. The van der Waals surface area contributed by atoms with Crippen LogP contribution in [-0.2, 0) is 22.4 Å². The number of fused-ring (bicyclic) bond motifs is 1. The van der Waals surface area contributed by atoms with Crippen molar-refractivity contribution in [3.8, 4) is 0 Å². The average molecular weight is 348 g/mol. The number of carbonyl (C=O) groups is 2. The van der Waals surface area contributed by atoms with E-state index in [4.69, 9.17) is 0 Å². The number of imidazole rings is 1. The highest BCUT2D eigenvalue weighted by atomic mass is 19.3. The first-order valence-electron chi connectivity index (χ1n) is 7.98. The highest BCUT2D eigenvalue weighted by molar-refractivity contribution is 6.40. The van der Waals surface area contributed by atoms with E-state index in [0.717, 1.165) is 15.8 Å². The van der Waals surface area contributed by atoms with E-state index in [9.17, 15) is 18.4 Å². The second kappa shape index (κ2) is 7.00. The minimum absolute atomic E-state index is 0.0537. The predicted molar refractivity (Wildman–Crippen MR) is 87.3 cm³/mol. The third kappa shape index (κ3) is 3.38. The molecule has 132 valence electrons. The first-order valence-corrected chi connectivity index (χ1v) is 7.98. The molecule has 2 heterocycles. The number of benzene rings is 1. The van der Waals surface area contributed by atoms with Crippen LogP contribution < -0.4 is 10.2 Å². The molecule has 8 heteroatoms. The fourth-order valence-corrected chi connectivity index (χ4v) is 3.06. The molecule has 1 N–H and O–H groups in total. The standard InChI is InChI=1S/C17H18F2N4O2/c1-11-10-12-4-2-3-5-13(12)23(11)16(25)15(24)21-7-6-14-20-8-9-22(14)17(18)19/h2-5,8-9,11,17H,6-7,10H2,1H3,(H,21,24)/t11-/m0/s1. The van der Waals surface area contributed by atoms with E-state index in [1.54, 1.807) is 0 Å². The molecule has 1 aromatic carbocycles. The van der Waals surface area contributed by atoms with Crippen molar-refractivity contribution in [2.75, 3.05) is 11.4 Å². The Balaban J connectivity index is 1.60. The van der Waals surface area contributed by atoms with Gasteiger partial charge in [-0.25, -0.2) is 4.98 Å². The van der Waals surface area contributed by atoms with E-state index >= 15 is 0 Å². The van der Waals surface area contributed by atoms with E-state index in [1.165, 1.54) is 17.3 Å². The molecule has 0 aliphatic carbocycles. The number of para-hydroxylation sites is 1. The van der Waals surface area contributed by atoms with Gasteiger partial charge in [-0.05, 0) is 25.0 Å². The van der Waals surface area contributed by atoms with Crippen molar-refractivity contribution in [2.24, 2.45) is 0 Å². The van der Waals surface area contributed by atoms with Gasteiger partial charge < -0.3 is 10.2 Å². The molecule has 0 saturated heterocycles. The highest BCUT2D eigenvalue weighted by Crippen LogP contribution is 2.31. The number of alkyl halides is 2. The van der Waals surface area contributed by atoms with Gasteiger partial charge in [0.15, 0.2) is 0 Å². The highest BCUT2D eigenvalue weighted by Gasteiger charge is 2.33. The maximum Gasteiger partial charge on any atom is 0.319 e. The minimum Gasteiger partial charge on any atom is -0.347 e. The summed E-state index contributed by atoms with van der Waals surface area (Å²) in [6.45, 7) is -0.750. The van der Waals surface area contributed by atoms with Crippen molar-refractivity contribution < 1.29 is 18.4 Å². The van der Waals surface area contributed by atoms with Crippen molar-refractivity contribution >= 4 is 17.5 Å². The van der Waals surface area contributed by atoms with Crippen LogP contribution in [0.25, 0.3) is 0 Å². The number of amides is 2. The molecule has 0 saturated carbocycles. The molecule has 1 aliphatic rings. The van der Waals surface area contributed by atoms with Crippen molar-refractivity contribution in [3.05, 3.63) is 48.0 Å². The molecule has 1 aliphatic heterocycles. The maximum absolute atomic E-state index is 12.7. The fraction of sp³-hybridized carbons (Fsp3) is 0.353. The lowest BCUT2D eigenvalue weighted by Crippen LogP contribution is -2.46. The number of nitrogens with one attached hydrogen (secondary N) is 1. The summed E-state index contributed by atoms with van der Waals surface area (Å²) in [6.07, 6.45) is 3.26. The summed E-state index contributed by atoms with van der Waals surface area (Å²) in [7, 11) is 0. The van der Waals surface area contributed by atoms with Gasteiger partial charge in [-0.2, -0.15) is 8.78 Å². The van der Waals surface area contributed by atoms with Gasteiger partial charge in [0.25, 0.3) is 0 Å². The first-order chi connectivity index (χ1) is 12.0. The van der Waals surface area contributed by atoms with Gasteiger partial charge in [0.2, 0.25) is 0 Å². The summed E-state index contributed by atoms with van der Waals surface area (Å²) in [6, 6.07) is 7.35. The molecule has 0 radical (unpaired) electrons. The molecule has 0 bridgehead atoms. The Hall–Kier alpha value is -2.77. The Morgan fingerprint density at radius 2 is 2.12 bits per heavy atom. The van der Waals surface area contributed by atoms with Crippen molar-refractivity contribution in [3.63, 3.8) is 0 Å². The van der Waals surface area contributed by atoms with E-state index < -0.39 is 18.4 Å². The number of halogens is 2. The van der Waals surface area contributed by atoms with E-state index in [1.807, 2.05) is 31.2 Å². The number of hydrogen-bond acceptors (Lipinski definition) is 3. The molecule has 0 unspecified atom stereocenters. The lowest BCUT2D eigenvalue weighted by atomic mass is 10.1. The van der Waals surface area contributed by atoms with Crippen LogP contribution in [0.15, 0.2) is 36.7 Å². The summed E-state index contributed by atoms with van der Waals surface area (Å²) in [5.41, 5.74) is 1.76. The molecule has 2 amide bonds. The van der Waals surface area contributed by atoms with Crippen LogP contribution in [0.3, 0.4) is 0 Å². The van der Waals surface area contributed by atoms with Gasteiger partial charge in [-0.3, -0.25) is 14.2 Å². The summed E-state index contributed by atoms with van der Waals surface area (Å²) in [5, 5.41) is 2.49. The molecule has 1 aromatic heterocycles. The summed E-state index contributed by atoms with van der Waals surface area (Å²) < 4.78 is 26.2. The van der Waals surface area contributed by atoms with Crippen molar-refractivity contribution in [1.82, 2.24) is 14.9 Å². The molecule has 1 atom stereocenters. The lowest BCUT2D eigenvalue weighted by Gasteiger charge is -2.22. The molecular formula is C17H18F2N4O2. The molecule has 0 spiro atoms. The fourth-order valence-electron chi connectivity index (χ4n) is 3.06. The number of aromatic nitrogens is 2. The normalized spacial score (nSPS) is 16.2. The molecule has 6 nitrogen and oxygen atoms in total. The maximum atomic E-state index is 12.7. The van der Waals surface area contributed by atoms with E-state index in [0.29, 0.717) is 6.42 Å². The van der Waals surface area contributed by atoms with Crippen LogP contribution in [0.1, 0.15) is 24.9 Å². The lowest BCUT2D eigenvalue weighted by molar-refractivity contribution is -0.137. The quantitative estimate of drug-likeness (QED) is 0.859. The number of nitrogens with zero attached hydrogens (tertiary/aromatic N) is 3. The number of carbonyl (C=O) groups excluding carboxylic acids is 2. The van der Waals surface area contributed by atoms with Crippen molar-refractivity contribution in [1.29, 1.82) is 0 Å². The Labute approximate surface area is 143 Å². The topological polar surface area (TPSA) is 67.2 Å². The number of hydrogen-bond donors (Lipinski definition) is 1. The molecule has 3 rings (SSSR count). The average Bonchev–Trinajstić information content (AvgIpc) is 3.17. The van der Waals surface area contributed by atoms with Gasteiger partial charge in [0, 0.05) is 37.1 Å². The number of anilines is 1. The Morgan fingerprint density at radius 3 is 2.88 bits per heavy atom. The second-order valence-electron chi connectivity index (χ2n) is 5.89.